The molecule has 0 amide bonds. The van der Waals surface area contributed by atoms with Gasteiger partial charge in [0.1, 0.15) is 28.3 Å². The summed E-state index contributed by atoms with van der Waals surface area (Å²) < 4.78 is 26.0. The van der Waals surface area contributed by atoms with Gasteiger partial charge in [0.2, 0.25) is 11.2 Å². The Morgan fingerprint density at radius 2 is 1.74 bits per heavy atom. The zero-order valence-electron chi connectivity index (χ0n) is 17.0. The van der Waals surface area contributed by atoms with Crippen molar-refractivity contribution in [3.05, 3.63) is 74.7 Å². The highest BCUT2D eigenvalue weighted by atomic mass is 35.5. The maximum absolute atomic E-state index is 14.9. The summed E-state index contributed by atoms with van der Waals surface area (Å²) in [4.78, 5) is 25.3. The third-order valence-corrected chi connectivity index (χ3v) is 5.95. The fraction of sp³-hybridized carbons (Fsp3) is 0.0833. The first-order valence-corrected chi connectivity index (χ1v) is 10.3. The van der Waals surface area contributed by atoms with Crippen LogP contribution in [0, 0.1) is 5.82 Å². The Labute approximate surface area is 194 Å². The highest BCUT2D eigenvalue weighted by molar-refractivity contribution is 6.30. The van der Waals surface area contributed by atoms with E-state index < -0.39 is 51.5 Å². The number of ether oxygens (including phenoxy) is 1. The van der Waals surface area contributed by atoms with Crippen LogP contribution in [0.25, 0.3) is 22.3 Å². The van der Waals surface area contributed by atoms with Crippen molar-refractivity contribution in [2.45, 2.75) is 12.3 Å². The topological polar surface area (TPSA) is 137 Å². The maximum atomic E-state index is 14.9. The van der Waals surface area contributed by atoms with Crippen LogP contribution < -0.4 is 10.2 Å². The van der Waals surface area contributed by atoms with Crippen molar-refractivity contribution in [1.29, 1.82) is 0 Å². The van der Waals surface area contributed by atoms with Crippen LogP contribution in [-0.2, 0) is 4.79 Å². The van der Waals surface area contributed by atoms with Crippen LogP contribution in [0.1, 0.15) is 23.5 Å². The standard InChI is InChI=1S/C24H14ClFO8/c25-12-3-1-2-10(20(12)26)11-7-17(30)33-16-8-15(29)19-21(31)22(32)23(34-24(19)18(11)16)9-4-5-13(27)14(28)6-9/h1-6,8,11,27-29,32H,7H2. The van der Waals surface area contributed by atoms with E-state index in [4.69, 9.17) is 20.8 Å². The number of esters is 1. The monoisotopic (exact) mass is 484 g/mol. The smallest absolute Gasteiger partial charge is 0.312 e. The normalized spacial score (nSPS) is 15.2. The molecule has 3 aromatic carbocycles. The Balaban J connectivity index is 1.88. The largest absolute Gasteiger partial charge is 0.507 e. The molecule has 1 atom stereocenters. The molecule has 0 radical (unpaired) electrons. The summed E-state index contributed by atoms with van der Waals surface area (Å²) in [5, 5.41) is 39.8. The lowest BCUT2D eigenvalue weighted by Crippen LogP contribution is -2.22. The zero-order valence-corrected chi connectivity index (χ0v) is 17.8. The molecule has 4 N–H and O–H groups in total. The van der Waals surface area contributed by atoms with Crippen molar-refractivity contribution in [2.75, 3.05) is 0 Å². The predicted octanol–water partition coefficient (Wildman–Crippen LogP) is 4.52. The predicted molar refractivity (Wildman–Crippen MR) is 118 cm³/mol. The summed E-state index contributed by atoms with van der Waals surface area (Å²) in [5.41, 5.74) is -1.10. The molecule has 0 aliphatic carbocycles. The second kappa shape index (κ2) is 7.67. The van der Waals surface area contributed by atoms with Gasteiger partial charge >= 0.3 is 5.97 Å². The Bertz CT molecular complexity index is 1580. The highest BCUT2D eigenvalue weighted by Crippen LogP contribution is 2.48. The van der Waals surface area contributed by atoms with Crippen LogP contribution in [0.2, 0.25) is 5.02 Å². The molecule has 1 aliphatic heterocycles. The molecule has 8 nitrogen and oxygen atoms in total. The number of hydrogen-bond donors (Lipinski definition) is 4. The number of halogens is 2. The number of hydrogen-bond acceptors (Lipinski definition) is 8. The lowest BCUT2D eigenvalue weighted by molar-refractivity contribution is -0.135. The quantitative estimate of drug-likeness (QED) is 0.185. The first-order chi connectivity index (χ1) is 16.2. The highest BCUT2D eigenvalue weighted by Gasteiger charge is 2.36. The zero-order chi connectivity index (χ0) is 24.3. The molecular formula is C24H14ClFO8. The molecule has 0 saturated heterocycles. The Morgan fingerprint density at radius 1 is 0.971 bits per heavy atom. The second-order valence-corrected chi connectivity index (χ2v) is 8.11. The third-order valence-electron chi connectivity index (χ3n) is 5.66. The number of rotatable bonds is 2. The van der Waals surface area contributed by atoms with Crippen LogP contribution >= 0.6 is 11.6 Å². The van der Waals surface area contributed by atoms with E-state index in [1.807, 2.05) is 0 Å². The number of aromatic hydroxyl groups is 4. The van der Waals surface area contributed by atoms with Gasteiger partial charge in [-0.25, -0.2) is 4.39 Å². The number of fused-ring (bicyclic) bond motifs is 3. The number of phenolic OH excluding ortho intramolecular Hbond substituents is 3. The average molecular weight is 485 g/mol. The average Bonchev–Trinajstić information content (AvgIpc) is 2.79. The van der Waals surface area contributed by atoms with Crippen molar-refractivity contribution in [1.82, 2.24) is 0 Å². The second-order valence-electron chi connectivity index (χ2n) is 7.70. The van der Waals surface area contributed by atoms with E-state index in [1.165, 1.54) is 24.3 Å². The molecule has 4 aromatic rings. The SMILES string of the molecule is O=C1CC(c2cccc(Cl)c2F)c2c(cc(O)c3c(=O)c(O)c(-c4ccc(O)c(O)c4)oc23)O1. The van der Waals surface area contributed by atoms with Gasteiger partial charge in [-0.2, -0.15) is 0 Å². The van der Waals surface area contributed by atoms with Gasteiger partial charge in [-0.3, -0.25) is 9.59 Å². The van der Waals surface area contributed by atoms with Gasteiger partial charge < -0.3 is 29.6 Å². The Hall–Kier alpha value is -4.24. The van der Waals surface area contributed by atoms with E-state index in [1.54, 1.807) is 0 Å². The molecule has 34 heavy (non-hydrogen) atoms. The number of carbonyl (C=O) groups is 1. The molecule has 10 heteroatoms. The van der Waals surface area contributed by atoms with Crippen LogP contribution in [0.15, 0.2) is 51.7 Å². The van der Waals surface area contributed by atoms with Gasteiger partial charge in [0, 0.05) is 23.1 Å². The first kappa shape index (κ1) is 21.6. The minimum Gasteiger partial charge on any atom is -0.507 e. The molecule has 0 spiro atoms. The molecule has 0 bridgehead atoms. The summed E-state index contributed by atoms with van der Waals surface area (Å²) in [6.07, 6.45) is -0.315. The molecule has 5 rings (SSSR count). The lowest BCUT2D eigenvalue weighted by atomic mass is 9.84. The summed E-state index contributed by atoms with van der Waals surface area (Å²) in [5.74, 6) is -5.49. The van der Waals surface area contributed by atoms with Gasteiger partial charge in [-0.05, 0) is 29.8 Å². The third kappa shape index (κ3) is 3.20. The van der Waals surface area contributed by atoms with Crippen LogP contribution in [0.5, 0.6) is 28.7 Å². The molecule has 1 aliphatic rings. The van der Waals surface area contributed by atoms with Crippen LogP contribution in [0.4, 0.5) is 4.39 Å². The van der Waals surface area contributed by atoms with Gasteiger partial charge in [-0.15, -0.1) is 0 Å². The summed E-state index contributed by atoms with van der Waals surface area (Å²) >= 11 is 5.94. The van der Waals surface area contributed by atoms with Gasteiger partial charge in [-0.1, -0.05) is 23.7 Å². The van der Waals surface area contributed by atoms with Crippen LogP contribution in [-0.4, -0.2) is 26.4 Å². The fourth-order valence-electron chi connectivity index (χ4n) is 4.10. The number of phenols is 3. The van der Waals surface area contributed by atoms with Gasteiger partial charge in [0.15, 0.2) is 17.3 Å². The van der Waals surface area contributed by atoms with Crippen molar-refractivity contribution in [2.24, 2.45) is 0 Å². The van der Waals surface area contributed by atoms with E-state index in [0.717, 1.165) is 18.2 Å². The fourth-order valence-corrected chi connectivity index (χ4v) is 4.28. The van der Waals surface area contributed by atoms with E-state index in [0.29, 0.717) is 0 Å². The Kier molecular flexibility index (Phi) is 4.87. The molecule has 1 unspecified atom stereocenters. The summed E-state index contributed by atoms with van der Waals surface area (Å²) in [6.45, 7) is 0. The van der Waals surface area contributed by atoms with E-state index in [9.17, 15) is 34.4 Å². The minimum atomic E-state index is -1.01. The van der Waals surface area contributed by atoms with Crippen molar-refractivity contribution < 1.29 is 38.8 Å². The molecular weight excluding hydrogens is 471 g/mol. The molecule has 2 heterocycles. The molecule has 0 fully saturated rings. The van der Waals surface area contributed by atoms with Gasteiger partial charge in [0.25, 0.3) is 0 Å². The number of benzene rings is 3. The van der Waals surface area contributed by atoms with Crippen molar-refractivity contribution >= 4 is 28.5 Å². The van der Waals surface area contributed by atoms with Crippen LogP contribution in [0.3, 0.4) is 0 Å². The summed E-state index contributed by atoms with van der Waals surface area (Å²) in [6, 6.07) is 8.74. The molecule has 0 saturated carbocycles. The summed E-state index contributed by atoms with van der Waals surface area (Å²) in [7, 11) is 0. The van der Waals surface area contributed by atoms with E-state index in [2.05, 4.69) is 0 Å². The van der Waals surface area contributed by atoms with Gasteiger partial charge in [0.05, 0.1) is 11.4 Å². The van der Waals surface area contributed by atoms with E-state index in [-0.39, 0.29) is 45.2 Å². The number of carbonyl (C=O) groups excluding carboxylic acids is 1. The van der Waals surface area contributed by atoms with Crippen molar-refractivity contribution in [3.8, 4) is 40.1 Å². The first-order valence-electron chi connectivity index (χ1n) is 9.90. The van der Waals surface area contributed by atoms with Crippen molar-refractivity contribution in [3.63, 3.8) is 0 Å². The lowest BCUT2D eigenvalue weighted by Gasteiger charge is -2.26. The molecule has 1 aromatic heterocycles. The maximum Gasteiger partial charge on any atom is 0.312 e. The minimum absolute atomic E-state index is 0.0298. The molecule has 172 valence electrons. The van der Waals surface area contributed by atoms with E-state index >= 15 is 0 Å². The Morgan fingerprint density at radius 3 is 2.47 bits per heavy atom.